The molecule has 0 aliphatic carbocycles. The molecule has 0 spiro atoms. The summed E-state index contributed by atoms with van der Waals surface area (Å²) in [6.07, 6.45) is 1.94. The van der Waals surface area contributed by atoms with Crippen molar-refractivity contribution in [1.82, 2.24) is 9.78 Å². The van der Waals surface area contributed by atoms with Gasteiger partial charge in [-0.05, 0) is 42.0 Å². The number of benzene rings is 2. The lowest BCUT2D eigenvalue weighted by molar-refractivity contribution is -0.115. The van der Waals surface area contributed by atoms with Crippen LogP contribution in [0.2, 0.25) is 0 Å². The summed E-state index contributed by atoms with van der Waals surface area (Å²) in [6.45, 7) is 1.03. The zero-order valence-corrected chi connectivity index (χ0v) is 16.1. The summed E-state index contributed by atoms with van der Waals surface area (Å²) in [7, 11) is 1.85. The normalized spacial score (nSPS) is 12.1. The van der Waals surface area contributed by atoms with Gasteiger partial charge in [0.05, 0.1) is 12.1 Å². The molecule has 0 fully saturated rings. The van der Waals surface area contributed by atoms with E-state index in [0.29, 0.717) is 36.1 Å². The number of aromatic nitrogens is 2. The van der Waals surface area contributed by atoms with Crippen LogP contribution in [0, 0.1) is 0 Å². The molecule has 1 aromatic heterocycles. The molecule has 0 bridgehead atoms. The van der Waals surface area contributed by atoms with Gasteiger partial charge in [0.25, 0.3) is 0 Å². The molecule has 0 radical (unpaired) electrons. The minimum atomic E-state index is -0.129. The highest BCUT2D eigenvalue weighted by atomic mass is 16.7. The quantitative estimate of drug-likeness (QED) is 0.638. The Morgan fingerprint density at radius 3 is 2.86 bits per heavy atom. The van der Waals surface area contributed by atoms with Crippen LogP contribution in [0.3, 0.4) is 0 Å². The summed E-state index contributed by atoms with van der Waals surface area (Å²) < 4.78 is 18.2. The Morgan fingerprint density at radius 2 is 2.07 bits per heavy atom. The van der Waals surface area contributed by atoms with Crippen molar-refractivity contribution in [3.05, 3.63) is 54.2 Å². The second kappa shape index (κ2) is 8.24. The van der Waals surface area contributed by atoms with Crippen LogP contribution in [0.15, 0.2) is 48.7 Å². The number of nitrogens with one attached hydrogen (secondary N) is 1. The fourth-order valence-corrected chi connectivity index (χ4v) is 3.18. The lowest BCUT2D eigenvalue weighted by Gasteiger charge is -2.14. The van der Waals surface area contributed by atoms with E-state index in [-0.39, 0.29) is 19.1 Å². The highest BCUT2D eigenvalue weighted by Crippen LogP contribution is 2.34. The van der Waals surface area contributed by atoms with Crippen LogP contribution in [-0.2, 0) is 18.3 Å². The van der Waals surface area contributed by atoms with Gasteiger partial charge in [-0.15, -0.1) is 0 Å². The van der Waals surface area contributed by atoms with E-state index in [4.69, 9.17) is 19.9 Å². The van der Waals surface area contributed by atoms with Gasteiger partial charge >= 0.3 is 0 Å². The van der Waals surface area contributed by atoms with Gasteiger partial charge in [-0.2, -0.15) is 5.10 Å². The Balaban J connectivity index is 1.52. The Kier molecular flexibility index (Phi) is 5.35. The molecule has 0 unspecified atom stereocenters. The third-order valence-corrected chi connectivity index (χ3v) is 4.54. The largest absolute Gasteiger partial charge is 0.492 e. The standard InChI is InChI=1S/C21H22N4O4/c1-25-17(6-8-23-25)16-12-15(3-5-18(16)27-9-7-22)24-21(26)11-14-2-4-19-20(10-14)29-13-28-19/h2-6,8,10,12H,7,9,11,13,22H2,1H3,(H,24,26). The average Bonchev–Trinajstić information content (AvgIpc) is 3.35. The second-order valence-corrected chi connectivity index (χ2v) is 6.60. The van der Waals surface area contributed by atoms with E-state index >= 15 is 0 Å². The predicted molar refractivity (Wildman–Crippen MR) is 108 cm³/mol. The highest BCUT2D eigenvalue weighted by Gasteiger charge is 2.16. The van der Waals surface area contributed by atoms with Gasteiger partial charge < -0.3 is 25.3 Å². The van der Waals surface area contributed by atoms with Crippen molar-refractivity contribution >= 4 is 11.6 Å². The second-order valence-electron chi connectivity index (χ2n) is 6.60. The highest BCUT2D eigenvalue weighted by molar-refractivity contribution is 5.93. The van der Waals surface area contributed by atoms with Gasteiger partial charge in [-0.3, -0.25) is 9.48 Å². The van der Waals surface area contributed by atoms with Crippen molar-refractivity contribution in [2.75, 3.05) is 25.3 Å². The van der Waals surface area contributed by atoms with E-state index in [0.717, 1.165) is 16.8 Å². The molecule has 4 rings (SSSR count). The third kappa shape index (κ3) is 4.17. The maximum Gasteiger partial charge on any atom is 0.231 e. The zero-order chi connectivity index (χ0) is 20.2. The summed E-state index contributed by atoms with van der Waals surface area (Å²) in [4.78, 5) is 12.6. The molecule has 2 aromatic carbocycles. The first-order valence-corrected chi connectivity index (χ1v) is 9.27. The smallest absolute Gasteiger partial charge is 0.231 e. The average molecular weight is 394 g/mol. The molecule has 1 aliphatic rings. The lowest BCUT2D eigenvalue weighted by Crippen LogP contribution is -2.15. The topological polar surface area (TPSA) is 101 Å². The summed E-state index contributed by atoms with van der Waals surface area (Å²) in [6, 6.07) is 12.9. The van der Waals surface area contributed by atoms with Crippen LogP contribution in [0.4, 0.5) is 5.69 Å². The number of carbonyl (C=O) groups excluding carboxylic acids is 1. The number of aryl methyl sites for hydroxylation is 1. The van der Waals surface area contributed by atoms with Gasteiger partial charge in [0, 0.05) is 31.0 Å². The fraction of sp³-hybridized carbons (Fsp3) is 0.238. The number of hydrogen-bond acceptors (Lipinski definition) is 6. The van der Waals surface area contributed by atoms with E-state index in [1.54, 1.807) is 10.9 Å². The first-order valence-electron chi connectivity index (χ1n) is 9.27. The minimum Gasteiger partial charge on any atom is -0.492 e. The maximum atomic E-state index is 12.6. The van der Waals surface area contributed by atoms with Crippen LogP contribution >= 0.6 is 0 Å². The molecule has 0 atom stereocenters. The molecule has 2 heterocycles. The van der Waals surface area contributed by atoms with Gasteiger partial charge in [0.15, 0.2) is 11.5 Å². The molecular weight excluding hydrogens is 372 g/mol. The van der Waals surface area contributed by atoms with E-state index < -0.39 is 0 Å². The monoisotopic (exact) mass is 394 g/mol. The molecule has 0 saturated carbocycles. The van der Waals surface area contributed by atoms with E-state index in [1.165, 1.54) is 0 Å². The lowest BCUT2D eigenvalue weighted by atomic mass is 10.1. The van der Waals surface area contributed by atoms with Crippen LogP contribution in [-0.4, -0.2) is 35.6 Å². The molecule has 3 N–H and O–H groups in total. The van der Waals surface area contributed by atoms with Crippen molar-refractivity contribution in [1.29, 1.82) is 0 Å². The van der Waals surface area contributed by atoms with Crippen LogP contribution in [0.5, 0.6) is 17.2 Å². The number of rotatable bonds is 7. The minimum absolute atomic E-state index is 0.129. The molecule has 8 nitrogen and oxygen atoms in total. The molecule has 8 heteroatoms. The van der Waals surface area contributed by atoms with Gasteiger partial charge in [0.1, 0.15) is 12.4 Å². The van der Waals surface area contributed by atoms with Crippen molar-refractivity contribution in [2.45, 2.75) is 6.42 Å². The van der Waals surface area contributed by atoms with Gasteiger partial charge in [0.2, 0.25) is 12.7 Å². The Morgan fingerprint density at radius 1 is 1.21 bits per heavy atom. The van der Waals surface area contributed by atoms with Crippen LogP contribution in [0.25, 0.3) is 11.3 Å². The van der Waals surface area contributed by atoms with Crippen molar-refractivity contribution in [3.63, 3.8) is 0 Å². The van der Waals surface area contributed by atoms with Crippen molar-refractivity contribution < 1.29 is 19.0 Å². The Bertz CT molecular complexity index is 1030. The van der Waals surface area contributed by atoms with E-state index in [1.807, 2.05) is 49.5 Å². The summed E-state index contributed by atoms with van der Waals surface area (Å²) in [5, 5.41) is 7.16. The molecule has 29 heavy (non-hydrogen) atoms. The number of ether oxygens (including phenoxy) is 3. The van der Waals surface area contributed by atoms with Crippen molar-refractivity contribution in [2.24, 2.45) is 12.8 Å². The summed E-state index contributed by atoms with van der Waals surface area (Å²) in [5.74, 6) is 1.92. The molecular formula is C21H22N4O4. The first kappa shape index (κ1) is 18.8. The van der Waals surface area contributed by atoms with Crippen LogP contribution < -0.4 is 25.3 Å². The number of nitrogens with two attached hydrogens (primary N) is 1. The molecule has 1 aliphatic heterocycles. The maximum absolute atomic E-state index is 12.6. The molecule has 150 valence electrons. The zero-order valence-electron chi connectivity index (χ0n) is 16.1. The van der Waals surface area contributed by atoms with Crippen LogP contribution in [0.1, 0.15) is 5.56 Å². The fourth-order valence-electron chi connectivity index (χ4n) is 3.18. The summed E-state index contributed by atoms with van der Waals surface area (Å²) in [5.41, 5.74) is 8.79. The Labute approximate surface area is 168 Å². The van der Waals surface area contributed by atoms with Crippen molar-refractivity contribution in [3.8, 4) is 28.5 Å². The van der Waals surface area contributed by atoms with Gasteiger partial charge in [-0.1, -0.05) is 6.07 Å². The number of fused-ring (bicyclic) bond motifs is 1. The molecule has 1 amide bonds. The van der Waals surface area contributed by atoms with E-state index in [2.05, 4.69) is 10.4 Å². The number of amides is 1. The number of anilines is 1. The van der Waals surface area contributed by atoms with Gasteiger partial charge in [-0.25, -0.2) is 0 Å². The third-order valence-electron chi connectivity index (χ3n) is 4.54. The molecule has 0 saturated heterocycles. The van der Waals surface area contributed by atoms with E-state index in [9.17, 15) is 4.79 Å². The number of nitrogens with zero attached hydrogens (tertiary/aromatic N) is 2. The Hall–Kier alpha value is -3.52. The first-order chi connectivity index (χ1) is 14.1. The SMILES string of the molecule is Cn1nccc1-c1cc(NC(=O)Cc2ccc3c(c2)OCO3)ccc1OCCN. The predicted octanol–water partition coefficient (Wildman–Crippen LogP) is 2.33. The molecule has 3 aromatic rings. The number of hydrogen-bond donors (Lipinski definition) is 2. The number of carbonyl (C=O) groups is 1. The summed E-state index contributed by atoms with van der Waals surface area (Å²) >= 11 is 0.